The van der Waals surface area contributed by atoms with Crippen LogP contribution in [0.1, 0.15) is 24.5 Å². The van der Waals surface area contributed by atoms with Crippen molar-refractivity contribution in [1.29, 1.82) is 0 Å². The number of carbonyl (C=O) groups excluding carboxylic acids is 1. The number of fused-ring (bicyclic) bond motifs is 1. The largest absolute Gasteiger partial charge is 0.360 e. The molecule has 0 radical (unpaired) electrons. The Hall–Kier alpha value is -1.94. The molecule has 1 atom stereocenters. The average molecular weight is 340 g/mol. The monoisotopic (exact) mass is 340 g/mol. The zero-order valence-corrected chi connectivity index (χ0v) is 15.1. The summed E-state index contributed by atoms with van der Waals surface area (Å²) < 4.78 is 0. The Morgan fingerprint density at radius 3 is 2.71 bits per heavy atom. The zero-order valence-electron chi connectivity index (χ0n) is 14.3. The SMILES string of the molecule is CC[C@@H]1CN(CC(=O)NCc2ccc(C)cc2)c2ccccc2S1. The van der Waals surface area contributed by atoms with Crippen LogP contribution in [0.4, 0.5) is 5.69 Å². The van der Waals surface area contributed by atoms with E-state index in [1.807, 2.05) is 17.8 Å². The molecule has 1 amide bonds. The molecular weight excluding hydrogens is 316 g/mol. The number of anilines is 1. The summed E-state index contributed by atoms with van der Waals surface area (Å²) in [5.74, 6) is 0.0760. The van der Waals surface area contributed by atoms with Gasteiger partial charge in [0.1, 0.15) is 0 Å². The molecule has 1 aliphatic rings. The molecule has 1 aliphatic heterocycles. The van der Waals surface area contributed by atoms with E-state index in [0.717, 1.165) is 18.5 Å². The van der Waals surface area contributed by atoms with Crippen LogP contribution in [0.3, 0.4) is 0 Å². The van der Waals surface area contributed by atoms with Gasteiger partial charge in [0.15, 0.2) is 0 Å². The summed E-state index contributed by atoms with van der Waals surface area (Å²) in [5, 5.41) is 3.59. The smallest absolute Gasteiger partial charge is 0.239 e. The van der Waals surface area contributed by atoms with Crippen LogP contribution in [-0.2, 0) is 11.3 Å². The fourth-order valence-corrected chi connectivity index (χ4v) is 4.13. The van der Waals surface area contributed by atoms with E-state index in [2.05, 4.69) is 66.5 Å². The maximum atomic E-state index is 12.4. The second-order valence-corrected chi connectivity index (χ2v) is 7.60. The standard InChI is InChI=1S/C20H24N2OS/c1-3-17-13-22(18-6-4-5-7-19(18)24-17)14-20(23)21-12-16-10-8-15(2)9-11-16/h4-11,17H,3,12-14H2,1-2H3,(H,21,23)/t17-/m1/s1. The fraction of sp³-hybridized carbons (Fsp3) is 0.350. The van der Waals surface area contributed by atoms with Gasteiger partial charge in [-0.05, 0) is 31.0 Å². The number of thioether (sulfide) groups is 1. The summed E-state index contributed by atoms with van der Waals surface area (Å²) in [7, 11) is 0. The lowest BCUT2D eigenvalue weighted by molar-refractivity contribution is -0.119. The van der Waals surface area contributed by atoms with Gasteiger partial charge in [-0.3, -0.25) is 4.79 Å². The molecule has 1 heterocycles. The summed E-state index contributed by atoms with van der Waals surface area (Å²) in [6.45, 7) is 6.20. The van der Waals surface area contributed by atoms with Gasteiger partial charge in [-0.2, -0.15) is 0 Å². The molecule has 3 rings (SSSR count). The second kappa shape index (κ2) is 7.75. The van der Waals surface area contributed by atoms with Crippen LogP contribution < -0.4 is 10.2 Å². The number of carbonyl (C=O) groups is 1. The molecule has 126 valence electrons. The summed E-state index contributed by atoms with van der Waals surface area (Å²) in [6.07, 6.45) is 1.11. The minimum atomic E-state index is 0.0760. The first-order valence-corrected chi connectivity index (χ1v) is 9.36. The van der Waals surface area contributed by atoms with Crippen molar-refractivity contribution in [2.45, 2.75) is 37.0 Å². The molecule has 2 aromatic rings. The van der Waals surface area contributed by atoms with Gasteiger partial charge >= 0.3 is 0 Å². The van der Waals surface area contributed by atoms with E-state index in [4.69, 9.17) is 0 Å². The summed E-state index contributed by atoms with van der Waals surface area (Å²) in [5.41, 5.74) is 3.55. The minimum absolute atomic E-state index is 0.0760. The Balaban J connectivity index is 1.62. The van der Waals surface area contributed by atoms with Gasteiger partial charge in [0.2, 0.25) is 5.91 Å². The highest BCUT2D eigenvalue weighted by Crippen LogP contribution is 2.39. The third-order valence-electron chi connectivity index (χ3n) is 4.32. The van der Waals surface area contributed by atoms with Crippen molar-refractivity contribution in [2.75, 3.05) is 18.0 Å². The first-order chi connectivity index (χ1) is 11.7. The van der Waals surface area contributed by atoms with Gasteiger partial charge in [-0.15, -0.1) is 11.8 Å². The maximum Gasteiger partial charge on any atom is 0.239 e. The summed E-state index contributed by atoms with van der Waals surface area (Å²) in [6, 6.07) is 16.7. The van der Waals surface area contributed by atoms with E-state index < -0.39 is 0 Å². The van der Waals surface area contributed by atoms with Gasteiger partial charge in [-0.25, -0.2) is 0 Å². The lowest BCUT2D eigenvalue weighted by Crippen LogP contribution is -2.42. The summed E-state index contributed by atoms with van der Waals surface area (Å²) in [4.78, 5) is 15.9. The molecule has 0 saturated heterocycles. The molecule has 0 saturated carbocycles. The molecule has 0 spiro atoms. The van der Waals surface area contributed by atoms with Crippen LogP contribution in [0.2, 0.25) is 0 Å². The lowest BCUT2D eigenvalue weighted by Gasteiger charge is -2.34. The Bertz CT molecular complexity index is 699. The quantitative estimate of drug-likeness (QED) is 0.893. The predicted octanol–water partition coefficient (Wildman–Crippen LogP) is 4.00. The lowest BCUT2D eigenvalue weighted by atomic mass is 10.1. The molecule has 3 nitrogen and oxygen atoms in total. The molecule has 24 heavy (non-hydrogen) atoms. The first-order valence-electron chi connectivity index (χ1n) is 8.48. The van der Waals surface area contributed by atoms with Crippen molar-refractivity contribution in [3.8, 4) is 0 Å². The highest BCUT2D eigenvalue weighted by Gasteiger charge is 2.25. The number of amides is 1. The number of nitrogens with zero attached hydrogens (tertiary/aromatic N) is 1. The number of hydrogen-bond acceptors (Lipinski definition) is 3. The van der Waals surface area contributed by atoms with E-state index in [-0.39, 0.29) is 5.91 Å². The Morgan fingerprint density at radius 2 is 1.96 bits per heavy atom. The van der Waals surface area contributed by atoms with Gasteiger partial charge < -0.3 is 10.2 Å². The van der Waals surface area contributed by atoms with E-state index >= 15 is 0 Å². The molecule has 0 aliphatic carbocycles. The van der Waals surface area contributed by atoms with Crippen molar-refractivity contribution in [2.24, 2.45) is 0 Å². The second-order valence-electron chi connectivity index (χ2n) is 6.26. The highest BCUT2D eigenvalue weighted by molar-refractivity contribution is 8.00. The highest BCUT2D eigenvalue weighted by atomic mass is 32.2. The number of para-hydroxylation sites is 1. The van der Waals surface area contributed by atoms with Crippen LogP contribution in [0, 0.1) is 6.92 Å². The molecule has 4 heteroatoms. The van der Waals surface area contributed by atoms with Crippen LogP contribution in [0.15, 0.2) is 53.4 Å². The number of aryl methyl sites for hydroxylation is 1. The van der Waals surface area contributed by atoms with Crippen LogP contribution in [-0.4, -0.2) is 24.2 Å². The number of hydrogen-bond donors (Lipinski definition) is 1. The van der Waals surface area contributed by atoms with Gasteiger partial charge in [0, 0.05) is 23.2 Å². The van der Waals surface area contributed by atoms with Crippen molar-refractivity contribution >= 4 is 23.4 Å². The van der Waals surface area contributed by atoms with E-state index in [9.17, 15) is 4.79 Å². The number of benzene rings is 2. The molecule has 0 bridgehead atoms. The average Bonchev–Trinajstić information content (AvgIpc) is 2.61. The minimum Gasteiger partial charge on any atom is -0.360 e. The van der Waals surface area contributed by atoms with Crippen molar-refractivity contribution < 1.29 is 4.79 Å². The summed E-state index contributed by atoms with van der Waals surface area (Å²) >= 11 is 1.93. The Morgan fingerprint density at radius 1 is 1.21 bits per heavy atom. The first kappa shape index (κ1) is 16.9. The van der Waals surface area contributed by atoms with E-state index in [0.29, 0.717) is 18.3 Å². The Labute approximate surface area is 148 Å². The maximum absolute atomic E-state index is 12.4. The number of nitrogens with one attached hydrogen (secondary N) is 1. The number of rotatable bonds is 5. The molecule has 0 aromatic heterocycles. The van der Waals surface area contributed by atoms with Crippen LogP contribution in [0.5, 0.6) is 0 Å². The van der Waals surface area contributed by atoms with Crippen LogP contribution >= 0.6 is 11.8 Å². The third kappa shape index (κ3) is 4.12. The molecular formula is C20H24N2OS. The predicted molar refractivity (Wildman–Crippen MR) is 102 cm³/mol. The molecule has 0 fully saturated rings. The van der Waals surface area contributed by atoms with Gasteiger partial charge in [-0.1, -0.05) is 48.9 Å². The van der Waals surface area contributed by atoms with Crippen LogP contribution in [0.25, 0.3) is 0 Å². The normalized spacial score (nSPS) is 16.6. The van der Waals surface area contributed by atoms with Gasteiger partial charge in [0.05, 0.1) is 12.2 Å². The van der Waals surface area contributed by atoms with E-state index in [1.54, 1.807) is 0 Å². The third-order valence-corrected chi connectivity index (χ3v) is 5.74. The van der Waals surface area contributed by atoms with Crippen molar-refractivity contribution in [3.63, 3.8) is 0 Å². The Kier molecular flexibility index (Phi) is 5.46. The van der Waals surface area contributed by atoms with E-state index in [1.165, 1.54) is 16.1 Å². The fourth-order valence-electron chi connectivity index (χ4n) is 2.88. The topological polar surface area (TPSA) is 32.3 Å². The molecule has 0 unspecified atom stereocenters. The van der Waals surface area contributed by atoms with Gasteiger partial charge in [0.25, 0.3) is 0 Å². The zero-order chi connectivity index (χ0) is 16.9. The molecule has 1 N–H and O–H groups in total. The van der Waals surface area contributed by atoms with Crippen molar-refractivity contribution in [1.82, 2.24) is 5.32 Å². The van der Waals surface area contributed by atoms with Crippen molar-refractivity contribution in [3.05, 3.63) is 59.7 Å². The molecule has 2 aromatic carbocycles.